The average Bonchev–Trinajstić information content (AvgIpc) is 1.81. The van der Waals surface area contributed by atoms with E-state index in [1.54, 1.807) is 48.5 Å². The third kappa shape index (κ3) is 28.7. The number of aliphatic carboxylic acids is 3. The lowest BCUT2D eigenvalue weighted by Crippen LogP contribution is -2.43. The van der Waals surface area contributed by atoms with Crippen LogP contribution in [0.5, 0.6) is 0 Å². The van der Waals surface area contributed by atoms with Crippen LogP contribution in [0.15, 0.2) is 152 Å². The van der Waals surface area contributed by atoms with Gasteiger partial charge >= 0.3 is 60.3 Å². The summed E-state index contributed by atoms with van der Waals surface area (Å²) in [6, 6.07) is 45.1. The normalized spacial score (nSPS) is 15.9. The number of benzene rings is 5. The first-order valence-corrected chi connectivity index (χ1v) is 38.4. The van der Waals surface area contributed by atoms with Gasteiger partial charge in [-0.1, -0.05) is 234 Å². The number of carbonyl (C=O) groups excluding carboxylic acids is 7. The van der Waals surface area contributed by atoms with Crippen LogP contribution in [-0.4, -0.2) is 177 Å². The Morgan fingerprint density at radius 3 is 1.07 bits per heavy atom. The van der Waals surface area contributed by atoms with E-state index in [4.69, 9.17) is 38.3 Å². The first kappa shape index (κ1) is 77.5. The standard InChI is InChI=1S/C24H24N2O8S2.C22H24N2O8S2.C12H13NO4S.C6H16Si/c27-21-19(25(15-33-21)23(29)31-11-17-7-3-1-4-8-17)13-35-36-14-20-22(28)34-16-26(20)24(30)32-12-18-9-5-2-6-10-18;25-19(26)17(23-21(29)31-11-15-7-3-1-4-8-15)13-33-34-14-18(20(27)28)24-22(30)32-12-16-9-5-2-6-10-16;14-11(15)10-7-18-8-13(10)12(16)17-6-9-4-2-1-3-5-9;1-4-7(5-2)6-3/h1-10,19-20H,11-16H2;1-10,17-18H,11-14H2,(H,23,29)(H,24,30)(H,25,26)(H,27,28);1-5,10H,6-8H2,(H,14,15);7H,4-6H2,1-3H3/t19-,20+;17-,18+;10-;/m..0./s1. The van der Waals surface area contributed by atoms with Gasteiger partial charge in [0.05, 0.1) is 5.88 Å². The van der Waals surface area contributed by atoms with E-state index in [-0.39, 0.29) is 78.3 Å². The molecule has 95 heavy (non-hydrogen) atoms. The molecule has 5 aromatic carbocycles. The third-order valence-electron chi connectivity index (χ3n) is 13.9. The number of hydrogen-bond donors (Lipinski definition) is 5. The molecule has 3 fully saturated rings. The zero-order chi connectivity index (χ0) is 68.7. The Balaban J connectivity index is 0.000000256. The third-order valence-corrected chi connectivity index (χ3v) is 23.2. The number of ether oxygens (including phenoxy) is 7. The van der Waals surface area contributed by atoms with Crippen molar-refractivity contribution >= 4 is 124 Å². The Morgan fingerprint density at radius 1 is 0.484 bits per heavy atom. The highest BCUT2D eigenvalue weighted by Crippen LogP contribution is 2.30. The second kappa shape index (κ2) is 43.7. The van der Waals surface area contributed by atoms with E-state index in [1.807, 2.05) is 103 Å². The van der Waals surface area contributed by atoms with Crippen LogP contribution in [0.2, 0.25) is 18.1 Å². The number of carboxylic acids is 3. The van der Waals surface area contributed by atoms with E-state index >= 15 is 0 Å². The first-order chi connectivity index (χ1) is 45.9. The van der Waals surface area contributed by atoms with Crippen LogP contribution in [0.3, 0.4) is 0 Å². The molecule has 5 aromatic rings. The highest BCUT2D eigenvalue weighted by atomic mass is 33.1. The Morgan fingerprint density at radius 2 is 0.789 bits per heavy atom. The van der Waals surface area contributed by atoms with Crippen LogP contribution in [0.1, 0.15) is 48.6 Å². The summed E-state index contributed by atoms with van der Waals surface area (Å²) in [5.41, 5.74) is 4.04. The number of hydrogen-bond acceptors (Lipinski definition) is 22. The molecule has 0 bridgehead atoms. The number of amides is 5. The van der Waals surface area contributed by atoms with Crippen LogP contribution in [-0.2, 0) is 90.2 Å². The van der Waals surface area contributed by atoms with Gasteiger partial charge < -0.3 is 59.1 Å². The van der Waals surface area contributed by atoms with Crippen molar-refractivity contribution in [3.8, 4) is 0 Å². The fourth-order valence-electron chi connectivity index (χ4n) is 8.29. The summed E-state index contributed by atoms with van der Waals surface area (Å²) < 4.78 is 35.8. The Kier molecular flexibility index (Phi) is 35.6. The number of carboxylic acid groups (broad SMARTS) is 3. The zero-order valence-electron chi connectivity index (χ0n) is 52.4. The summed E-state index contributed by atoms with van der Waals surface area (Å²) in [6.45, 7) is 6.92. The molecule has 5 amide bonds. The van der Waals surface area contributed by atoms with Crippen molar-refractivity contribution in [2.24, 2.45) is 0 Å². The molecule has 0 saturated carbocycles. The minimum absolute atomic E-state index is 0.00671. The molecule has 0 unspecified atom stereocenters. The van der Waals surface area contributed by atoms with E-state index in [2.05, 4.69) is 31.4 Å². The van der Waals surface area contributed by atoms with Crippen LogP contribution >= 0.6 is 54.9 Å². The van der Waals surface area contributed by atoms with Gasteiger partial charge in [-0.05, 0) is 27.8 Å². The number of nitrogens with one attached hydrogen (secondary N) is 2. The SMILES string of the molecule is CC[SiH](CC)CC.O=C(N[C@@H](CSSC[C@@H](NC(=O)OCc1ccccc1)C(=O)O)C(=O)O)OCc1ccccc1.O=C(O)[C@@H]1CSCN1C(=O)OCc1ccccc1.O=C1OCN(C(=O)OCc2ccccc2)[C@@H]1CSSC[C@H]1C(=O)OCN1C(=O)OCc1ccccc1. The molecule has 5 atom stereocenters. The summed E-state index contributed by atoms with van der Waals surface area (Å²) >= 11 is 1.41. The fraction of sp³-hybridized carbons (Fsp3) is 0.375. The molecule has 31 heteroatoms. The first-order valence-electron chi connectivity index (χ1n) is 29.9. The Hall–Kier alpha value is -8.23. The smallest absolute Gasteiger partial charge is 0.413 e. The van der Waals surface area contributed by atoms with Gasteiger partial charge in [0.15, 0.2) is 13.5 Å². The molecule has 3 heterocycles. The average molecular weight is 1420 g/mol. The molecule has 3 saturated heterocycles. The Labute approximate surface area is 572 Å². The maximum absolute atomic E-state index is 12.5. The van der Waals surface area contributed by atoms with Crippen molar-refractivity contribution in [3.05, 3.63) is 179 Å². The van der Waals surface area contributed by atoms with Gasteiger partial charge in [-0.25, -0.2) is 47.9 Å². The van der Waals surface area contributed by atoms with Crippen molar-refractivity contribution in [1.29, 1.82) is 0 Å². The monoisotopic (exact) mass is 1420 g/mol. The van der Waals surface area contributed by atoms with Crippen LogP contribution in [0, 0.1) is 0 Å². The van der Waals surface area contributed by atoms with Crippen molar-refractivity contribution in [2.75, 3.05) is 48.1 Å². The quantitative estimate of drug-likeness (QED) is 0.0102. The predicted octanol–water partition coefficient (Wildman–Crippen LogP) is 10.6. The lowest BCUT2D eigenvalue weighted by atomic mass is 10.2. The van der Waals surface area contributed by atoms with Gasteiger partial charge in [0.2, 0.25) is 0 Å². The second-order valence-corrected chi connectivity index (χ2v) is 30.8. The molecule has 8 rings (SSSR count). The fourth-order valence-corrected chi connectivity index (χ4v) is 15.9. The van der Waals surface area contributed by atoms with E-state index in [0.717, 1.165) is 49.4 Å². The van der Waals surface area contributed by atoms with Gasteiger partial charge in [-0.2, -0.15) is 0 Å². The molecular formula is C64H77N5O20S5Si. The second-order valence-electron chi connectivity index (χ2n) is 20.5. The lowest BCUT2D eigenvalue weighted by molar-refractivity contribution is -0.141. The molecule has 25 nitrogen and oxygen atoms in total. The minimum atomic E-state index is -1.26. The number of esters is 2. The van der Waals surface area contributed by atoms with Crippen molar-refractivity contribution in [2.45, 2.75) is 102 Å². The van der Waals surface area contributed by atoms with Crippen LogP contribution in [0.25, 0.3) is 0 Å². The summed E-state index contributed by atoms with van der Waals surface area (Å²) in [5, 5.41) is 32.1. The molecule has 3 aliphatic rings. The summed E-state index contributed by atoms with van der Waals surface area (Å²) in [6.07, 6.45) is -3.63. The molecular weight excluding hydrogens is 1350 g/mol. The topological polar surface area (TPSA) is 330 Å². The van der Waals surface area contributed by atoms with E-state index < -0.39 is 90.5 Å². The molecule has 0 aliphatic carbocycles. The summed E-state index contributed by atoms with van der Waals surface area (Å²) in [4.78, 5) is 122. The largest absolute Gasteiger partial charge is 0.480 e. The maximum atomic E-state index is 12.5. The summed E-state index contributed by atoms with van der Waals surface area (Å²) in [5.74, 6) is -3.43. The number of cyclic esters (lactones) is 2. The highest BCUT2D eigenvalue weighted by molar-refractivity contribution is 8.77. The van der Waals surface area contributed by atoms with Gasteiger partial charge in [-0.15, -0.1) is 11.8 Å². The number of thioether (sulfide) groups is 1. The van der Waals surface area contributed by atoms with Crippen molar-refractivity contribution in [3.63, 3.8) is 0 Å². The number of rotatable bonds is 28. The van der Waals surface area contributed by atoms with Crippen LogP contribution < -0.4 is 10.6 Å². The molecule has 0 radical (unpaired) electrons. The van der Waals surface area contributed by atoms with Gasteiger partial charge in [0.1, 0.15) is 63.2 Å². The van der Waals surface area contributed by atoms with E-state index in [9.17, 15) is 58.2 Å². The maximum Gasteiger partial charge on any atom is 0.413 e. The lowest BCUT2D eigenvalue weighted by Gasteiger charge is -2.21. The molecule has 5 N–H and O–H groups in total. The number of alkyl carbamates (subject to hydrolysis) is 2. The zero-order valence-corrected chi connectivity index (χ0v) is 57.6. The van der Waals surface area contributed by atoms with Crippen LogP contribution in [0.4, 0.5) is 24.0 Å². The van der Waals surface area contributed by atoms with Gasteiger partial charge in [0, 0.05) is 37.6 Å². The Bertz CT molecular complexity index is 3030. The van der Waals surface area contributed by atoms with Crippen molar-refractivity contribution < 1.29 is 96.4 Å². The molecule has 3 aliphatic heterocycles. The summed E-state index contributed by atoms with van der Waals surface area (Å²) in [7, 11) is 4.47. The van der Waals surface area contributed by atoms with Gasteiger partial charge in [0.25, 0.3) is 0 Å². The minimum Gasteiger partial charge on any atom is -0.480 e. The van der Waals surface area contributed by atoms with E-state index in [1.165, 1.54) is 66.2 Å². The molecule has 0 aromatic heterocycles. The number of nitrogens with zero attached hydrogens (tertiary/aromatic N) is 3. The van der Waals surface area contributed by atoms with E-state index in [0.29, 0.717) is 11.6 Å². The molecule has 512 valence electrons. The molecule has 0 spiro atoms. The van der Waals surface area contributed by atoms with Gasteiger partial charge in [-0.3, -0.25) is 14.7 Å². The number of carbonyl (C=O) groups is 10. The van der Waals surface area contributed by atoms with Crippen molar-refractivity contribution in [1.82, 2.24) is 25.3 Å². The predicted molar refractivity (Wildman–Crippen MR) is 364 cm³/mol. The highest BCUT2D eigenvalue weighted by Gasteiger charge is 2.41.